The van der Waals surface area contributed by atoms with Crippen LogP contribution in [0.5, 0.6) is 0 Å². The molecule has 0 saturated heterocycles. The van der Waals surface area contributed by atoms with Crippen molar-refractivity contribution >= 4 is 21.7 Å². The van der Waals surface area contributed by atoms with E-state index < -0.39 is 0 Å². The van der Waals surface area contributed by atoms with E-state index in [1.54, 1.807) is 13.0 Å². The molecule has 1 aromatic heterocycles. The lowest BCUT2D eigenvalue weighted by Crippen LogP contribution is -1.87. The van der Waals surface area contributed by atoms with Crippen LogP contribution in [0.2, 0.25) is 0 Å². The highest BCUT2D eigenvalue weighted by atomic mass is 79.9. The summed E-state index contributed by atoms with van der Waals surface area (Å²) in [6, 6.07) is 4.94. The number of H-pyrrole nitrogens is 1. The first-order valence-electron chi connectivity index (χ1n) is 4.35. The fourth-order valence-corrected chi connectivity index (χ4v) is 1.72. The van der Waals surface area contributed by atoms with Crippen LogP contribution < -0.4 is 5.73 Å². The highest BCUT2D eigenvalue weighted by molar-refractivity contribution is 9.10. The predicted octanol–water partition coefficient (Wildman–Crippen LogP) is 2.87. The summed E-state index contributed by atoms with van der Waals surface area (Å²) < 4.78 is 14.2. The van der Waals surface area contributed by atoms with Crippen molar-refractivity contribution < 1.29 is 4.39 Å². The van der Waals surface area contributed by atoms with E-state index in [0.717, 1.165) is 4.47 Å². The molecule has 3 nitrogen and oxygen atoms in total. The Morgan fingerprint density at radius 2 is 2.13 bits per heavy atom. The lowest BCUT2D eigenvalue weighted by molar-refractivity contribution is 0.618. The molecule has 5 heteroatoms. The monoisotopic (exact) mass is 269 g/mol. The zero-order chi connectivity index (χ0) is 11.0. The highest BCUT2D eigenvalue weighted by Crippen LogP contribution is 2.27. The van der Waals surface area contributed by atoms with E-state index in [1.807, 2.05) is 6.07 Å². The SMILES string of the molecule is Cc1c(F)cc(-c2cc(N)n[nH]2)cc1Br. The number of nitrogens with one attached hydrogen (secondary N) is 1. The number of aromatic nitrogens is 2. The Hall–Kier alpha value is -1.36. The number of hydrogen-bond acceptors (Lipinski definition) is 2. The van der Waals surface area contributed by atoms with Crippen molar-refractivity contribution in [2.75, 3.05) is 5.73 Å². The fourth-order valence-electron chi connectivity index (χ4n) is 1.29. The zero-order valence-corrected chi connectivity index (χ0v) is 9.60. The third kappa shape index (κ3) is 1.87. The van der Waals surface area contributed by atoms with Crippen LogP contribution in [-0.4, -0.2) is 10.2 Å². The Balaban J connectivity index is 2.55. The maximum Gasteiger partial charge on any atom is 0.145 e. The molecule has 1 aromatic carbocycles. The van der Waals surface area contributed by atoms with E-state index in [0.29, 0.717) is 22.6 Å². The van der Waals surface area contributed by atoms with E-state index in [1.165, 1.54) is 6.07 Å². The fraction of sp³-hybridized carbons (Fsp3) is 0.100. The molecule has 0 aliphatic carbocycles. The second-order valence-corrected chi connectivity index (χ2v) is 4.13. The van der Waals surface area contributed by atoms with E-state index in [9.17, 15) is 4.39 Å². The molecule has 0 amide bonds. The van der Waals surface area contributed by atoms with Gasteiger partial charge in [0, 0.05) is 16.1 Å². The van der Waals surface area contributed by atoms with Crippen molar-refractivity contribution in [2.45, 2.75) is 6.92 Å². The average Bonchev–Trinajstić information content (AvgIpc) is 2.60. The van der Waals surface area contributed by atoms with Crippen LogP contribution in [-0.2, 0) is 0 Å². The summed E-state index contributed by atoms with van der Waals surface area (Å²) in [5.74, 6) is 0.134. The van der Waals surface area contributed by atoms with Gasteiger partial charge in [0.25, 0.3) is 0 Å². The van der Waals surface area contributed by atoms with E-state index >= 15 is 0 Å². The number of nitrogen functional groups attached to an aromatic ring is 1. The van der Waals surface area contributed by atoms with Crippen LogP contribution in [0.1, 0.15) is 5.56 Å². The smallest absolute Gasteiger partial charge is 0.145 e. The molecule has 0 saturated carbocycles. The molecule has 0 fully saturated rings. The number of hydrogen-bond donors (Lipinski definition) is 2. The molecule has 0 aliphatic rings. The number of rotatable bonds is 1. The quantitative estimate of drug-likeness (QED) is 0.837. The number of anilines is 1. The molecule has 0 aliphatic heterocycles. The molecule has 15 heavy (non-hydrogen) atoms. The number of nitrogens with two attached hydrogens (primary N) is 1. The second kappa shape index (κ2) is 3.66. The Morgan fingerprint density at radius 3 is 2.67 bits per heavy atom. The predicted molar refractivity (Wildman–Crippen MR) is 60.8 cm³/mol. The Kier molecular flexibility index (Phi) is 2.48. The van der Waals surface area contributed by atoms with Crippen molar-refractivity contribution in [2.24, 2.45) is 0 Å². The summed E-state index contributed by atoms with van der Waals surface area (Å²) in [4.78, 5) is 0. The number of halogens is 2. The van der Waals surface area contributed by atoms with Gasteiger partial charge in [0.05, 0.1) is 5.69 Å². The van der Waals surface area contributed by atoms with E-state index in [2.05, 4.69) is 26.1 Å². The Morgan fingerprint density at radius 1 is 1.40 bits per heavy atom. The first kappa shape index (κ1) is 10.2. The van der Waals surface area contributed by atoms with Crippen LogP contribution in [0.4, 0.5) is 10.2 Å². The van der Waals surface area contributed by atoms with Gasteiger partial charge in [-0.15, -0.1) is 0 Å². The Bertz CT molecular complexity index is 484. The maximum atomic E-state index is 13.4. The second-order valence-electron chi connectivity index (χ2n) is 3.27. The number of nitrogens with zero attached hydrogens (tertiary/aromatic N) is 1. The molecular weight excluding hydrogens is 261 g/mol. The van der Waals surface area contributed by atoms with Crippen LogP contribution in [0, 0.1) is 12.7 Å². The third-order valence-electron chi connectivity index (χ3n) is 2.19. The van der Waals surface area contributed by atoms with Crippen molar-refractivity contribution in [3.63, 3.8) is 0 Å². The highest BCUT2D eigenvalue weighted by Gasteiger charge is 2.08. The van der Waals surface area contributed by atoms with E-state index in [-0.39, 0.29) is 5.82 Å². The van der Waals surface area contributed by atoms with Gasteiger partial charge in [-0.05, 0) is 24.6 Å². The van der Waals surface area contributed by atoms with Gasteiger partial charge in [-0.3, -0.25) is 5.10 Å². The summed E-state index contributed by atoms with van der Waals surface area (Å²) in [5, 5.41) is 6.52. The molecule has 2 rings (SSSR count). The molecule has 0 unspecified atom stereocenters. The molecule has 0 bridgehead atoms. The van der Waals surface area contributed by atoms with Gasteiger partial charge in [0.2, 0.25) is 0 Å². The molecule has 78 valence electrons. The summed E-state index contributed by atoms with van der Waals surface area (Å²) in [6.07, 6.45) is 0. The molecule has 0 spiro atoms. The van der Waals surface area contributed by atoms with E-state index in [4.69, 9.17) is 5.73 Å². The minimum absolute atomic E-state index is 0.257. The summed E-state index contributed by atoms with van der Waals surface area (Å²) in [5.41, 5.74) is 7.48. The third-order valence-corrected chi connectivity index (χ3v) is 3.01. The van der Waals surface area contributed by atoms with Crippen LogP contribution >= 0.6 is 15.9 Å². The molecule has 0 atom stereocenters. The number of benzene rings is 1. The first-order chi connectivity index (χ1) is 7.08. The van der Waals surface area contributed by atoms with Gasteiger partial charge >= 0.3 is 0 Å². The number of aromatic amines is 1. The normalized spacial score (nSPS) is 10.6. The maximum absolute atomic E-state index is 13.4. The lowest BCUT2D eigenvalue weighted by Gasteiger charge is -2.03. The van der Waals surface area contributed by atoms with Crippen LogP contribution in [0.3, 0.4) is 0 Å². The molecular formula is C10H9BrFN3. The topological polar surface area (TPSA) is 54.7 Å². The van der Waals surface area contributed by atoms with Gasteiger partial charge in [-0.1, -0.05) is 15.9 Å². The van der Waals surface area contributed by atoms with Crippen molar-refractivity contribution in [3.05, 3.63) is 34.1 Å². The summed E-state index contributed by atoms with van der Waals surface area (Å²) in [7, 11) is 0. The first-order valence-corrected chi connectivity index (χ1v) is 5.14. The standard InChI is InChI=1S/C10H9BrFN3/c1-5-7(11)2-6(3-8(5)12)9-4-10(13)15-14-9/h2-4H,1H3,(H3,13,14,15). The summed E-state index contributed by atoms with van der Waals surface area (Å²) in [6.45, 7) is 1.71. The van der Waals surface area contributed by atoms with Gasteiger partial charge in [-0.25, -0.2) is 4.39 Å². The Labute approximate surface area is 94.6 Å². The van der Waals surface area contributed by atoms with Crippen molar-refractivity contribution in [3.8, 4) is 11.3 Å². The van der Waals surface area contributed by atoms with Gasteiger partial charge < -0.3 is 5.73 Å². The lowest BCUT2D eigenvalue weighted by atomic mass is 10.1. The molecule has 2 aromatic rings. The van der Waals surface area contributed by atoms with Crippen molar-refractivity contribution in [1.29, 1.82) is 0 Å². The van der Waals surface area contributed by atoms with Gasteiger partial charge in [-0.2, -0.15) is 5.10 Å². The largest absolute Gasteiger partial charge is 0.382 e. The molecule has 3 N–H and O–H groups in total. The van der Waals surface area contributed by atoms with Gasteiger partial charge in [0.1, 0.15) is 11.6 Å². The van der Waals surface area contributed by atoms with Crippen molar-refractivity contribution in [1.82, 2.24) is 10.2 Å². The average molecular weight is 270 g/mol. The van der Waals surface area contributed by atoms with Gasteiger partial charge in [0.15, 0.2) is 0 Å². The minimum Gasteiger partial charge on any atom is -0.382 e. The van der Waals surface area contributed by atoms with Crippen LogP contribution in [0.25, 0.3) is 11.3 Å². The van der Waals surface area contributed by atoms with Crippen LogP contribution in [0.15, 0.2) is 22.7 Å². The molecule has 0 radical (unpaired) electrons. The zero-order valence-electron chi connectivity index (χ0n) is 8.01. The minimum atomic E-state index is -0.257. The molecule has 1 heterocycles. The summed E-state index contributed by atoms with van der Waals surface area (Å²) >= 11 is 3.30.